The standard InChI is InChI=1S/C25H30F2N4O2/c26-20-9-8-19(17-21(20)27)23-6-3-7-24(32)31(23)25(33)29-13-4-14-30-15-10-18(11-16-30)22-5-1-2-12-28-22/h1-2,5,8-9,12,17-18,23H,3-4,6-7,10-11,13-16H2,(H,29,33)/t23-/m0/s1. The number of carbonyl (C=O) groups excluding carboxylic acids is 2. The lowest BCUT2D eigenvalue weighted by atomic mass is 9.93. The second kappa shape index (κ2) is 10.8. The molecule has 8 heteroatoms. The van der Waals surface area contributed by atoms with Gasteiger partial charge in [0.1, 0.15) is 0 Å². The fourth-order valence-electron chi connectivity index (χ4n) is 4.81. The fraction of sp³-hybridized carbons (Fsp3) is 0.480. The largest absolute Gasteiger partial charge is 0.338 e. The maximum Gasteiger partial charge on any atom is 0.324 e. The number of aromatic nitrogens is 1. The molecule has 6 nitrogen and oxygen atoms in total. The van der Waals surface area contributed by atoms with E-state index < -0.39 is 23.7 Å². The van der Waals surface area contributed by atoms with Crippen molar-refractivity contribution in [1.29, 1.82) is 0 Å². The summed E-state index contributed by atoms with van der Waals surface area (Å²) in [5.41, 5.74) is 1.60. The van der Waals surface area contributed by atoms with E-state index in [1.54, 1.807) is 0 Å². The number of nitrogens with zero attached hydrogens (tertiary/aromatic N) is 3. The minimum atomic E-state index is -0.974. The lowest BCUT2D eigenvalue weighted by Gasteiger charge is -2.34. The first-order valence-corrected chi connectivity index (χ1v) is 11.7. The van der Waals surface area contributed by atoms with Gasteiger partial charge in [0.2, 0.25) is 5.91 Å². The summed E-state index contributed by atoms with van der Waals surface area (Å²) in [6, 6.07) is 8.56. The molecule has 1 aromatic heterocycles. The second-order valence-corrected chi connectivity index (χ2v) is 8.80. The first-order valence-electron chi connectivity index (χ1n) is 11.7. The van der Waals surface area contributed by atoms with Crippen LogP contribution in [-0.2, 0) is 4.79 Å². The Morgan fingerprint density at radius 1 is 1.09 bits per heavy atom. The Labute approximate surface area is 193 Å². The van der Waals surface area contributed by atoms with E-state index in [-0.39, 0.29) is 12.3 Å². The Balaban J connectivity index is 1.24. The molecule has 0 radical (unpaired) electrons. The molecule has 1 aromatic carbocycles. The minimum absolute atomic E-state index is 0.277. The van der Waals surface area contributed by atoms with Crippen LogP contribution in [0.5, 0.6) is 0 Å². The number of imide groups is 1. The molecule has 2 saturated heterocycles. The highest BCUT2D eigenvalue weighted by molar-refractivity contribution is 5.95. The first kappa shape index (κ1) is 23.3. The highest BCUT2D eigenvalue weighted by atomic mass is 19.2. The predicted octanol–water partition coefficient (Wildman–Crippen LogP) is 4.39. The molecule has 0 bridgehead atoms. The van der Waals surface area contributed by atoms with Crippen molar-refractivity contribution in [2.75, 3.05) is 26.2 Å². The van der Waals surface area contributed by atoms with Gasteiger partial charge in [-0.3, -0.25) is 14.7 Å². The predicted molar refractivity (Wildman–Crippen MR) is 120 cm³/mol. The van der Waals surface area contributed by atoms with E-state index in [4.69, 9.17) is 0 Å². The summed E-state index contributed by atoms with van der Waals surface area (Å²) in [5, 5.41) is 2.84. The van der Waals surface area contributed by atoms with E-state index in [1.807, 2.05) is 18.3 Å². The minimum Gasteiger partial charge on any atom is -0.338 e. The molecule has 0 spiro atoms. The quantitative estimate of drug-likeness (QED) is 0.655. The van der Waals surface area contributed by atoms with Crippen molar-refractivity contribution in [2.45, 2.75) is 50.5 Å². The third kappa shape index (κ3) is 5.74. The molecule has 2 aliphatic heterocycles. The maximum atomic E-state index is 13.7. The van der Waals surface area contributed by atoms with E-state index in [9.17, 15) is 18.4 Å². The number of urea groups is 1. The van der Waals surface area contributed by atoms with Gasteiger partial charge in [-0.05, 0) is 81.6 Å². The summed E-state index contributed by atoms with van der Waals surface area (Å²) < 4.78 is 27.0. The molecule has 2 aliphatic rings. The molecule has 2 fully saturated rings. The van der Waals surface area contributed by atoms with Crippen LogP contribution in [0.3, 0.4) is 0 Å². The van der Waals surface area contributed by atoms with Crippen LogP contribution in [0.15, 0.2) is 42.6 Å². The molecule has 176 valence electrons. The summed E-state index contributed by atoms with van der Waals surface area (Å²) in [7, 11) is 0. The van der Waals surface area contributed by atoms with Crippen molar-refractivity contribution >= 4 is 11.9 Å². The van der Waals surface area contributed by atoms with Gasteiger partial charge in [0.25, 0.3) is 0 Å². The third-order valence-corrected chi connectivity index (χ3v) is 6.62. The molecule has 33 heavy (non-hydrogen) atoms. The van der Waals surface area contributed by atoms with E-state index in [0.29, 0.717) is 30.9 Å². The van der Waals surface area contributed by atoms with Crippen molar-refractivity contribution in [3.8, 4) is 0 Å². The van der Waals surface area contributed by atoms with Gasteiger partial charge in [-0.15, -0.1) is 0 Å². The van der Waals surface area contributed by atoms with Crippen LogP contribution < -0.4 is 5.32 Å². The van der Waals surface area contributed by atoms with Gasteiger partial charge in [0, 0.05) is 30.8 Å². The average molecular weight is 457 g/mol. The molecular weight excluding hydrogens is 426 g/mol. The monoisotopic (exact) mass is 456 g/mol. The van der Waals surface area contributed by atoms with Crippen LogP contribution in [0.4, 0.5) is 13.6 Å². The van der Waals surface area contributed by atoms with Crippen LogP contribution in [0.2, 0.25) is 0 Å². The van der Waals surface area contributed by atoms with Gasteiger partial charge >= 0.3 is 6.03 Å². The van der Waals surface area contributed by atoms with Crippen LogP contribution in [0.1, 0.15) is 61.7 Å². The summed E-state index contributed by atoms with van der Waals surface area (Å²) in [4.78, 5) is 33.3. The lowest BCUT2D eigenvalue weighted by molar-refractivity contribution is -0.132. The Morgan fingerprint density at radius 3 is 2.64 bits per heavy atom. The number of amides is 3. The summed E-state index contributed by atoms with van der Waals surface area (Å²) in [6.45, 7) is 3.32. The number of nitrogens with one attached hydrogen (secondary N) is 1. The van der Waals surface area contributed by atoms with Crippen molar-refractivity contribution < 1.29 is 18.4 Å². The fourth-order valence-corrected chi connectivity index (χ4v) is 4.81. The van der Waals surface area contributed by atoms with Crippen molar-refractivity contribution in [3.63, 3.8) is 0 Å². The lowest BCUT2D eigenvalue weighted by Crippen LogP contribution is -2.48. The Morgan fingerprint density at radius 2 is 1.91 bits per heavy atom. The van der Waals surface area contributed by atoms with Gasteiger partial charge in [-0.25, -0.2) is 13.6 Å². The van der Waals surface area contributed by atoms with E-state index in [0.717, 1.165) is 56.7 Å². The van der Waals surface area contributed by atoms with Gasteiger partial charge < -0.3 is 10.2 Å². The number of hydrogen-bond donors (Lipinski definition) is 1. The number of pyridine rings is 1. The normalized spacial score (nSPS) is 20.1. The molecule has 0 aliphatic carbocycles. The maximum absolute atomic E-state index is 13.7. The highest BCUT2D eigenvalue weighted by Crippen LogP contribution is 2.32. The molecule has 4 rings (SSSR count). The summed E-state index contributed by atoms with van der Waals surface area (Å²) in [6.07, 6.45) is 6.19. The van der Waals surface area contributed by atoms with Gasteiger partial charge in [0.15, 0.2) is 11.6 Å². The van der Waals surface area contributed by atoms with Crippen LogP contribution in [0, 0.1) is 11.6 Å². The number of likely N-dealkylation sites (tertiary alicyclic amines) is 2. The van der Waals surface area contributed by atoms with Crippen LogP contribution >= 0.6 is 0 Å². The zero-order chi connectivity index (χ0) is 23.2. The van der Waals surface area contributed by atoms with Crippen LogP contribution in [-0.4, -0.2) is 52.9 Å². The van der Waals surface area contributed by atoms with Crippen molar-refractivity contribution in [3.05, 3.63) is 65.5 Å². The Hall–Kier alpha value is -2.87. The number of piperidine rings is 2. The average Bonchev–Trinajstić information content (AvgIpc) is 2.84. The topological polar surface area (TPSA) is 65.5 Å². The molecule has 1 atom stereocenters. The third-order valence-electron chi connectivity index (χ3n) is 6.62. The summed E-state index contributed by atoms with van der Waals surface area (Å²) in [5.74, 6) is -1.70. The Bertz CT molecular complexity index is 964. The Kier molecular flexibility index (Phi) is 7.65. The zero-order valence-corrected chi connectivity index (χ0v) is 18.7. The number of hydrogen-bond acceptors (Lipinski definition) is 4. The number of halogens is 2. The summed E-state index contributed by atoms with van der Waals surface area (Å²) >= 11 is 0. The second-order valence-electron chi connectivity index (χ2n) is 8.80. The molecule has 3 heterocycles. The van der Waals surface area contributed by atoms with Gasteiger partial charge in [0.05, 0.1) is 6.04 Å². The smallest absolute Gasteiger partial charge is 0.324 e. The zero-order valence-electron chi connectivity index (χ0n) is 18.7. The number of rotatable bonds is 6. The molecule has 3 amide bonds. The molecule has 0 saturated carbocycles. The molecular formula is C25H30F2N4O2. The first-order chi connectivity index (χ1) is 16.0. The van der Waals surface area contributed by atoms with E-state index in [2.05, 4.69) is 21.3 Å². The van der Waals surface area contributed by atoms with E-state index >= 15 is 0 Å². The van der Waals surface area contributed by atoms with Gasteiger partial charge in [-0.1, -0.05) is 12.1 Å². The highest BCUT2D eigenvalue weighted by Gasteiger charge is 2.34. The SMILES string of the molecule is O=C1CCC[C@@H](c2ccc(F)c(F)c2)N1C(=O)NCCCN1CCC(c2ccccn2)CC1. The molecule has 2 aromatic rings. The molecule has 1 N–H and O–H groups in total. The number of benzene rings is 1. The van der Waals surface area contributed by atoms with Gasteiger partial charge in [-0.2, -0.15) is 0 Å². The number of carbonyl (C=O) groups is 2. The van der Waals surface area contributed by atoms with Crippen molar-refractivity contribution in [2.24, 2.45) is 0 Å². The van der Waals surface area contributed by atoms with E-state index in [1.165, 1.54) is 11.0 Å². The van der Waals surface area contributed by atoms with Crippen LogP contribution in [0.25, 0.3) is 0 Å². The van der Waals surface area contributed by atoms with Crippen molar-refractivity contribution in [1.82, 2.24) is 20.1 Å². The molecule has 0 unspecified atom stereocenters.